The summed E-state index contributed by atoms with van der Waals surface area (Å²) in [5, 5.41) is 0. The molecule has 0 atom stereocenters. The third-order valence-corrected chi connectivity index (χ3v) is 4.06. The molecule has 2 nitrogen and oxygen atoms in total. The smallest absolute Gasteiger partial charge is 0.0177 e. The van der Waals surface area contributed by atoms with Crippen LogP contribution in [0.1, 0.15) is 18.4 Å². The summed E-state index contributed by atoms with van der Waals surface area (Å²) in [6, 6.07) is 8.69. The van der Waals surface area contributed by atoms with E-state index in [9.17, 15) is 0 Å². The van der Waals surface area contributed by atoms with Gasteiger partial charge < -0.3 is 10.6 Å². The van der Waals surface area contributed by atoms with Crippen molar-refractivity contribution in [2.24, 2.45) is 11.7 Å². The Bertz CT molecular complexity index is 346. The average molecular weight is 297 g/mol. The summed E-state index contributed by atoms with van der Waals surface area (Å²) >= 11 is 3.53. The minimum Gasteiger partial charge on any atom is -0.329 e. The molecule has 1 aromatic carbocycles. The van der Waals surface area contributed by atoms with Crippen LogP contribution in [0.4, 0.5) is 0 Å². The molecular formula is C14H21BrN2. The van der Waals surface area contributed by atoms with Crippen molar-refractivity contribution in [2.45, 2.75) is 19.3 Å². The molecule has 0 aromatic heterocycles. The lowest BCUT2D eigenvalue weighted by Gasteiger charge is -2.31. The Morgan fingerprint density at radius 2 is 2.06 bits per heavy atom. The molecule has 1 aliphatic rings. The average Bonchev–Trinajstić information content (AvgIpc) is 2.32. The monoisotopic (exact) mass is 296 g/mol. The summed E-state index contributed by atoms with van der Waals surface area (Å²) in [5.74, 6) is 0.846. The second-order valence-electron chi connectivity index (χ2n) is 4.91. The summed E-state index contributed by atoms with van der Waals surface area (Å²) in [6.07, 6.45) is 3.84. The Kier molecular flexibility index (Phi) is 5.01. The zero-order valence-electron chi connectivity index (χ0n) is 10.2. The van der Waals surface area contributed by atoms with Crippen molar-refractivity contribution in [3.05, 3.63) is 34.3 Å². The van der Waals surface area contributed by atoms with Crippen LogP contribution in [0.5, 0.6) is 0 Å². The number of nitrogens with zero attached hydrogens (tertiary/aromatic N) is 1. The van der Waals surface area contributed by atoms with E-state index in [1.807, 2.05) is 0 Å². The molecule has 1 aromatic rings. The van der Waals surface area contributed by atoms with Gasteiger partial charge in [0.15, 0.2) is 0 Å². The largest absolute Gasteiger partial charge is 0.329 e. The first-order valence-electron chi connectivity index (χ1n) is 6.45. The summed E-state index contributed by atoms with van der Waals surface area (Å²) in [7, 11) is 0. The molecule has 0 bridgehead atoms. The van der Waals surface area contributed by atoms with Gasteiger partial charge in [0.2, 0.25) is 0 Å². The highest BCUT2D eigenvalue weighted by Gasteiger charge is 2.18. The van der Waals surface area contributed by atoms with Gasteiger partial charge in [-0.3, -0.25) is 0 Å². The first kappa shape index (κ1) is 13.1. The molecule has 1 aliphatic heterocycles. The maximum absolute atomic E-state index is 5.59. The van der Waals surface area contributed by atoms with Crippen LogP contribution in [-0.2, 0) is 6.42 Å². The fraction of sp³-hybridized carbons (Fsp3) is 0.571. The molecule has 1 fully saturated rings. The van der Waals surface area contributed by atoms with Crippen LogP contribution < -0.4 is 5.73 Å². The molecule has 0 radical (unpaired) electrons. The van der Waals surface area contributed by atoms with Crippen LogP contribution >= 0.6 is 15.9 Å². The number of likely N-dealkylation sites (tertiary alicyclic amines) is 1. The molecule has 3 heteroatoms. The van der Waals surface area contributed by atoms with Crippen molar-refractivity contribution in [2.75, 3.05) is 26.2 Å². The Labute approximate surface area is 112 Å². The quantitative estimate of drug-likeness (QED) is 0.926. The molecule has 0 saturated carbocycles. The molecule has 2 N–H and O–H groups in total. The van der Waals surface area contributed by atoms with E-state index in [0.717, 1.165) is 19.0 Å². The Morgan fingerprint density at radius 1 is 1.29 bits per heavy atom. The molecule has 0 spiro atoms. The van der Waals surface area contributed by atoms with Crippen molar-refractivity contribution in [3.8, 4) is 0 Å². The van der Waals surface area contributed by atoms with Gasteiger partial charge in [0.05, 0.1) is 0 Å². The summed E-state index contributed by atoms with van der Waals surface area (Å²) in [5.41, 5.74) is 7.04. The van der Waals surface area contributed by atoms with E-state index < -0.39 is 0 Å². The third-order valence-electron chi connectivity index (χ3n) is 3.57. The van der Waals surface area contributed by atoms with Crippen LogP contribution in [0.25, 0.3) is 0 Å². The highest BCUT2D eigenvalue weighted by molar-refractivity contribution is 9.10. The van der Waals surface area contributed by atoms with Gasteiger partial charge in [0.1, 0.15) is 0 Å². The van der Waals surface area contributed by atoms with E-state index in [2.05, 4.69) is 45.1 Å². The van der Waals surface area contributed by atoms with Crippen LogP contribution in [0, 0.1) is 5.92 Å². The fourth-order valence-corrected chi connectivity index (χ4v) is 3.04. The normalized spacial score (nSPS) is 18.5. The molecule has 2 rings (SSSR count). The Balaban J connectivity index is 1.82. The van der Waals surface area contributed by atoms with Gasteiger partial charge in [-0.2, -0.15) is 0 Å². The lowest BCUT2D eigenvalue weighted by atomic mass is 9.90. The minimum atomic E-state index is 0.788. The maximum atomic E-state index is 5.59. The number of piperidine rings is 1. The van der Waals surface area contributed by atoms with E-state index in [1.165, 1.54) is 42.4 Å². The van der Waals surface area contributed by atoms with Gasteiger partial charge in [0, 0.05) is 17.6 Å². The second kappa shape index (κ2) is 6.53. The highest BCUT2D eigenvalue weighted by atomic mass is 79.9. The number of hydrogen-bond acceptors (Lipinski definition) is 2. The van der Waals surface area contributed by atoms with Gasteiger partial charge in [0.25, 0.3) is 0 Å². The SMILES string of the molecule is NCCN1CCC(Cc2cccc(Br)c2)CC1. The molecule has 0 aliphatic carbocycles. The second-order valence-corrected chi connectivity index (χ2v) is 5.82. The Hall–Kier alpha value is -0.380. The van der Waals surface area contributed by atoms with Crippen LogP contribution in [0.3, 0.4) is 0 Å². The zero-order chi connectivity index (χ0) is 12.1. The van der Waals surface area contributed by atoms with E-state index in [-0.39, 0.29) is 0 Å². The van der Waals surface area contributed by atoms with Gasteiger partial charge in [-0.1, -0.05) is 28.1 Å². The van der Waals surface area contributed by atoms with Crippen molar-refractivity contribution in [1.82, 2.24) is 4.90 Å². The standard InChI is InChI=1S/C14H21BrN2/c15-14-3-1-2-13(11-14)10-12-4-7-17(8-5-12)9-6-16/h1-3,11-12H,4-10,16H2. The molecule has 1 saturated heterocycles. The number of nitrogens with two attached hydrogens (primary N) is 1. The van der Waals surface area contributed by atoms with Gasteiger partial charge in [-0.15, -0.1) is 0 Å². The van der Waals surface area contributed by atoms with Crippen molar-refractivity contribution < 1.29 is 0 Å². The summed E-state index contributed by atoms with van der Waals surface area (Å²) in [6.45, 7) is 4.28. The number of benzene rings is 1. The summed E-state index contributed by atoms with van der Waals surface area (Å²) in [4.78, 5) is 2.48. The molecular weight excluding hydrogens is 276 g/mol. The molecule has 0 amide bonds. The van der Waals surface area contributed by atoms with Crippen molar-refractivity contribution in [1.29, 1.82) is 0 Å². The lowest BCUT2D eigenvalue weighted by molar-refractivity contribution is 0.188. The maximum Gasteiger partial charge on any atom is 0.0177 e. The summed E-state index contributed by atoms with van der Waals surface area (Å²) < 4.78 is 1.19. The third kappa shape index (κ3) is 4.09. The lowest BCUT2D eigenvalue weighted by Crippen LogP contribution is -2.37. The van der Waals surface area contributed by atoms with Crippen LogP contribution in [0.15, 0.2) is 28.7 Å². The first-order valence-corrected chi connectivity index (χ1v) is 7.24. The topological polar surface area (TPSA) is 29.3 Å². The van der Waals surface area contributed by atoms with Crippen LogP contribution in [0.2, 0.25) is 0 Å². The van der Waals surface area contributed by atoms with E-state index in [0.29, 0.717) is 0 Å². The predicted molar refractivity (Wildman–Crippen MR) is 76.1 cm³/mol. The fourth-order valence-electron chi connectivity index (χ4n) is 2.59. The van der Waals surface area contributed by atoms with E-state index in [4.69, 9.17) is 5.73 Å². The van der Waals surface area contributed by atoms with Crippen LogP contribution in [-0.4, -0.2) is 31.1 Å². The number of hydrogen-bond donors (Lipinski definition) is 1. The molecule has 94 valence electrons. The van der Waals surface area contributed by atoms with Crippen molar-refractivity contribution >= 4 is 15.9 Å². The molecule has 0 unspecified atom stereocenters. The van der Waals surface area contributed by atoms with E-state index >= 15 is 0 Å². The minimum absolute atomic E-state index is 0.788. The number of rotatable bonds is 4. The van der Waals surface area contributed by atoms with Gasteiger partial charge >= 0.3 is 0 Å². The molecule has 17 heavy (non-hydrogen) atoms. The zero-order valence-corrected chi connectivity index (χ0v) is 11.8. The first-order chi connectivity index (χ1) is 8.28. The van der Waals surface area contributed by atoms with Crippen molar-refractivity contribution in [3.63, 3.8) is 0 Å². The predicted octanol–water partition coefficient (Wildman–Crippen LogP) is 2.66. The van der Waals surface area contributed by atoms with Gasteiger partial charge in [-0.25, -0.2) is 0 Å². The number of halogens is 1. The van der Waals surface area contributed by atoms with Gasteiger partial charge in [-0.05, 0) is 56.0 Å². The highest BCUT2D eigenvalue weighted by Crippen LogP contribution is 2.22. The molecule has 1 heterocycles. The Morgan fingerprint density at radius 3 is 2.71 bits per heavy atom. The van der Waals surface area contributed by atoms with E-state index in [1.54, 1.807) is 0 Å².